The van der Waals surface area contributed by atoms with E-state index in [9.17, 15) is 18.0 Å². The zero-order chi connectivity index (χ0) is 14.6. The van der Waals surface area contributed by atoms with E-state index in [1.165, 1.54) is 0 Å². The molecular weight excluding hydrogens is 287 g/mol. The highest BCUT2D eigenvalue weighted by molar-refractivity contribution is 6.33. The van der Waals surface area contributed by atoms with Crippen molar-refractivity contribution in [3.8, 4) is 11.8 Å². The standard InChI is InChI=1S/C11H7ClF3NO3/c1-2-18-10(17)6-3-4-8(19-11(13,14)15)9(12)7(6)5-16/h3-4H,2H2,1H3. The number of esters is 1. The maximum Gasteiger partial charge on any atom is 0.573 e. The predicted octanol–water partition coefficient (Wildman–Crippen LogP) is 3.29. The van der Waals surface area contributed by atoms with E-state index in [0.29, 0.717) is 0 Å². The second kappa shape index (κ2) is 5.80. The Morgan fingerprint density at radius 3 is 2.58 bits per heavy atom. The molecule has 0 radical (unpaired) electrons. The van der Waals surface area contributed by atoms with Gasteiger partial charge in [0.25, 0.3) is 0 Å². The lowest BCUT2D eigenvalue weighted by Gasteiger charge is -2.12. The van der Waals surface area contributed by atoms with Gasteiger partial charge in [-0.05, 0) is 19.1 Å². The third kappa shape index (κ3) is 3.76. The minimum absolute atomic E-state index is 0.0577. The molecule has 0 fully saturated rings. The molecule has 1 aromatic carbocycles. The van der Waals surface area contributed by atoms with Gasteiger partial charge in [0.05, 0.1) is 17.7 Å². The van der Waals surface area contributed by atoms with E-state index < -0.39 is 28.7 Å². The first-order valence-corrected chi connectivity index (χ1v) is 5.33. The Hall–Kier alpha value is -1.94. The number of hydrogen-bond acceptors (Lipinski definition) is 4. The molecule has 0 saturated heterocycles. The number of nitriles is 1. The Balaban J connectivity index is 3.24. The Morgan fingerprint density at radius 1 is 1.47 bits per heavy atom. The van der Waals surface area contributed by atoms with E-state index >= 15 is 0 Å². The smallest absolute Gasteiger partial charge is 0.462 e. The van der Waals surface area contributed by atoms with Crippen molar-refractivity contribution in [3.05, 3.63) is 28.3 Å². The van der Waals surface area contributed by atoms with Crippen molar-refractivity contribution in [2.45, 2.75) is 13.3 Å². The predicted molar refractivity (Wildman–Crippen MR) is 58.8 cm³/mol. The molecule has 0 aliphatic heterocycles. The zero-order valence-corrected chi connectivity index (χ0v) is 10.3. The van der Waals surface area contributed by atoms with Gasteiger partial charge in [0.1, 0.15) is 16.8 Å². The molecule has 0 saturated carbocycles. The zero-order valence-electron chi connectivity index (χ0n) is 9.55. The molecule has 8 heteroatoms. The third-order valence-electron chi connectivity index (χ3n) is 1.94. The molecule has 0 amide bonds. The van der Waals surface area contributed by atoms with Crippen LogP contribution in [0.15, 0.2) is 12.1 Å². The Bertz CT molecular complexity index is 537. The highest BCUT2D eigenvalue weighted by Crippen LogP contribution is 2.34. The molecule has 0 atom stereocenters. The van der Waals surface area contributed by atoms with Gasteiger partial charge >= 0.3 is 12.3 Å². The summed E-state index contributed by atoms with van der Waals surface area (Å²) in [5, 5.41) is 8.27. The summed E-state index contributed by atoms with van der Waals surface area (Å²) < 4.78 is 44.5. The summed E-state index contributed by atoms with van der Waals surface area (Å²) in [7, 11) is 0. The summed E-state index contributed by atoms with van der Waals surface area (Å²) in [6.45, 7) is 1.61. The fourth-order valence-corrected chi connectivity index (χ4v) is 1.49. The van der Waals surface area contributed by atoms with Gasteiger partial charge in [0.15, 0.2) is 0 Å². The number of rotatable bonds is 3. The van der Waals surface area contributed by atoms with Crippen LogP contribution in [0, 0.1) is 11.3 Å². The quantitative estimate of drug-likeness (QED) is 0.802. The highest BCUT2D eigenvalue weighted by Gasteiger charge is 2.33. The summed E-state index contributed by atoms with van der Waals surface area (Å²) in [5.74, 6) is -1.60. The second-order valence-corrected chi connectivity index (χ2v) is 3.56. The Labute approximate surface area is 111 Å². The lowest BCUT2D eigenvalue weighted by Crippen LogP contribution is -2.18. The van der Waals surface area contributed by atoms with Crippen molar-refractivity contribution in [2.75, 3.05) is 6.61 Å². The minimum Gasteiger partial charge on any atom is -0.462 e. The molecule has 0 aromatic heterocycles. The average Bonchev–Trinajstić information content (AvgIpc) is 2.30. The van der Waals surface area contributed by atoms with E-state index in [1.54, 1.807) is 13.0 Å². The molecule has 0 aliphatic rings. The molecule has 0 N–H and O–H groups in total. The number of hydrogen-bond donors (Lipinski definition) is 0. The van der Waals surface area contributed by atoms with E-state index in [4.69, 9.17) is 16.9 Å². The van der Waals surface area contributed by atoms with Crippen LogP contribution in [0.5, 0.6) is 5.75 Å². The summed E-state index contributed by atoms with van der Waals surface area (Å²) in [6.07, 6.45) is -4.94. The molecule has 4 nitrogen and oxygen atoms in total. The van der Waals surface area contributed by atoms with Crippen molar-refractivity contribution in [1.82, 2.24) is 0 Å². The van der Waals surface area contributed by atoms with Crippen LogP contribution in [0.4, 0.5) is 13.2 Å². The Morgan fingerprint density at radius 2 is 2.11 bits per heavy atom. The van der Waals surface area contributed by atoms with Crippen molar-refractivity contribution in [3.63, 3.8) is 0 Å². The van der Waals surface area contributed by atoms with Gasteiger partial charge in [-0.25, -0.2) is 4.79 Å². The van der Waals surface area contributed by atoms with Gasteiger partial charge in [-0.3, -0.25) is 0 Å². The fourth-order valence-electron chi connectivity index (χ4n) is 1.25. The highest BCUT2D eigenvalue weighted by atomic mass is 35.5. The minimum atomic E-state index is -4.94. The number of ether oxygens (including phenoxy) is 2. The molecule has 0 bridgehead atoms. The lowest BCUT2D eigenvalue weighted by molar-refractivity contribution is -0.274. The van der Waals surface area contributed by atoms with Gasteiger partial charge < -0.3 is 9.47 Å². The van der Waals surface area contributed by atoms with Gasteiger partial charge in [-0.2, -0.15) is 5.26 Å². The molecule has 0 aliphatic carbocycles. The van der Waals surface area contributed by atoms with Crippen molar-refractivity contribution < 1.29 is 27.4 Å². The topological polar surface area (TPSA) is 59.3 Å². The van der Waals surface area contributed by atoms with Crippen LogP contribution in [0.25, 0.3) is 0 Å². The van der Waals surface area contributed by atoms with Crippen molar-refractivity contribution in [1.29, 1.82) is 5.26 Å². The van der Waals surface area contributed by atoms with Crippen LogP contribution in [0.1, 0.15) is 22.8 Å². The van der Waals surface area contributed by atoms with Gasteiger partial charge in [0, 0.05) is 0 Å². The number of carbonyl (C=O) groups is 1. The van der Waals surface area contributed by atoms with E-state index in [-0.39, 0.29) is 12.2 Å². The van der Waals surface area contributed by atoms with Crippen LogP contribution in [-0.4, -0.2) is 18.9 Å². The molecule has 0 spiro atoms. The number of halogens is 4. The van der Waals surface area contributed by atoms with Gasteiger partial charge in [-0.1, -0.05) is 11.6 Å². The molecule has 102 valence electrons. The van der Waals surface area contributed by atoms with E-state index in [0.717, 1.165) is 12.1 Å². The SMILES string of the molecule is CCOC(=O)c1ccc(OC(F)(F)F)c(Cl)c1C#N. The normalized spacial score (nSPS) is 10.7. The van der Waals surface area contributed by atoms with E-state index in [1.807, 2.05) is 0 Å². The van der Waals surface area contributed by atoms with Crippen LogP contribution >= 0.6 is 11.6 Å². The van der Waals surface area contributed by atoms with Crippen LogP contribution in [0.3, 0.4) is 0 Å². The molecule has 1 aromatic rings. The number of alkyl halides is 3. The summed E-state index contributed by atoms with van der Waals surface area (Å²) in [6, 6.07) is 3.39. The molecule has 0 unspecified atom stereocenters. The van der Waals surface area contributed by atoms with Gasteiger partial charge in [0.2, 0.25) is 0 Å². The Kier molecular flexibility index (Phi) is 4.62. The summed E-state index contributed by atoms with van der Waals surface area (Å²) in [4.78, 5) is 11.5. The first kappa shape index (κ1) is 15.1. The molecule has 0 heterocycles. The average molecular weight is 294 g/mol. The van der Waals surface area contributed by atoms with Crippen LogP contribution in [-0.2, 0) is 4.74 Å². The fraction of sp³-hybridized carbons (Fsp3) is 0.273. The summed E-state index contributed by atoms with van der Waals surface area (Å²) >= 11 is 5.61. The first-order chi connectivity index (χ1) is 8.80. The number of benzene rings is 1. The molecule has 19 heavy (non-hydrogen) atoms. The molecule has 1 rings (SSSR count). The van der Waals surface area contributed by atoms with Crippen molar-refractivity contribution in [2.24, 2.45) is 0 Å². The van der Waals surface area contributed by atoms with Crippen molar-refractivity contribution >= 4 is 17.6 Å². The molecular formula is C11H7ClF3NO3. The van der Waals surface area contributed by atoms with Crippen LogP contribution in [0.2, 0.25) is 5.02 Å². The second-order valence-electron chi connectivity index (χ2n) is 3.18. The first-order valence-electron chi connectivity index (χ1n) is 4.95. The largest absolute Gasteiger partial charge is 0.573 e. The third-order valence-corrected chi connectivity index (χ3v) is 2.31. The lowest BCUT2D eigenvalue weighted by atomic mass is 10.1. The number of nitrogens with zero attached hydrogens (tertiary/aromatic N) is 1. The maximum absolute atomic E-state index is 12.1. The summed E-state index contributed by atoms with van der Waals surface area (Å²) in [5.41, 5.74) is -0.647. The van der Waals surface area contributed by atoms with Gasteiger partial charge in [-0.15, -0.1) is 13.2 Å². The number of carbonyl (C=O) groups excluding carboxylic acids is 1. The monoisotopic (exact) mass is 293 g/mol. The van der Waals surface area contributed by atoms with E-state index in [2.05, 4.69) is 9.47 Å². The van der Waals surface area contributed by atoms with Crippen LogP contribution < -0.4 is 4.74 Å². The maximum atomic E-state index is 12.1.